The third kappa shape index (κ3) is 4.50. The molecule has 0 aromatic heterocycles. The molecule has 0 saturated heterocycles. The lowest BCUT2D eigenvalue weighted by molar-refractivity contribution is 0.0729. The lowest BCUT2D eigenvalue weighted by atomic mass is 10.1. The van der Waals surface area contributed by atoms with Crippen molar-refractivity contribution in [2.75, 3.05) is 28.4 Å². The summed E-state index contributed by atoms with van der Waals surface area (Å²) in [6, 6.07) is 9.86. The molecule has 0 amide bonds. The summed E-state index contributed by atoms with van der Waals surface area (Å²) >= 11 is 0. The Labute approximate surface area is 157 Å². The summed E-state index contributed by atoms with van der Waals surface area (Å²) < 4.78 is 26.4. The lowest BCUT2D eigenvalue weighted by Gasteiger charge is -2.14. The molecular formula is C20H19NO6. The topological polar surface area (TPSA) is 87.0 Å². The number of allylic oxidation sites excluding steroid dienone is 1. The molecule has 0 N–H and O–H groups in total. The molecule has 140 valence electrons. The van der Waals surface area contributed by atoms with Crippen LogP contribution in [0.1, 0.15) is 15.9 Å². The molecule has 0 aliphatic heterocycles. The number of methoxy groups -OCH3 is 4. The second-order valence-electron chi connectivity index (χ2n) is 5.18. The molecule has 0 radical (unpaired) electrons. The van der Waals surface area contributed by atoms with Gasteiger partial charge in [-0.15, -0.1) is 0 Å². The predicted molar refractivity (Wildman–Crippen MR) is 98.7 cm³/mol. The third-order valence-electron chi connectivity index (χ3n) is 3.64. The van der Waals surface area contributed by atoms with E-state index in [-0.39, 0.29) is 11.3 Å². The van der Waals surface area contributed by atoms with E-state index in [9.17, 15) is 4.79 Å². The smallest absolute Gasteiger partial charge is 0.343 e. The van der Waals surface area contributed by atoms with Gasteiger partial charge < -0.3 is 23.7 Å². The second-order valence-corrected chi connectivity index (χ2v) is 5.18. The number of hydrogen-bond acceptors (Lipinski definition) is 7. The van der Waals surface area contributed by atoms with Crippen LogP contribution in [0.15, 0.2) is 36.4 Å². The van der Waals surface area contributed by atoms with Crippen LogP contribution in [0.4, 0.5) is 0 Å². The van der Waals surface area contributed by atoms with Gasteiger partial charge in [0.2, 0.25) is 5.75 Å². The quantitative estimate of drug-likeness (QED) is 0.419. The Bertz CT molecular complexity index is 873. The fraction of sp³-hybridized carbons (Fsp3) is 0.200. The van der Waals surface area contributed by atoms with E-state index in [4.69, 9.17) is 28.9 Å². The van der Waals surface area contributed by atoms with Crippen LogP contribution in [0.3, 0.4) is 0 Å². The Hall–Kier alpha value is -3.66. The molecule has 2 rings (SSSR count). The van der Waals surface area contributed by atoms with E-state index in [1.807, 2.05) is 6.07 Å². The van der Waals surface area contributed by atoms with Crippen LogP contribution in [0.5, 0.6) is 28.7 Å². The minimum absolute atomic E-state index is 0.222. The fourth-order valence-corrected chi connectivity index (χ4v) is 2.36. The van der Waals surface area contributed by atoms with Crippen LogP contribution in [-0.4, -0.2) is 34.4 Å². The molecule has 0 unspecified atom stereocenters. The molecular weight excluding hydrogens is 350 g/mol. The molecule has 0 heterocycles. The highest BCUT2D eigenvalue weighted by atomic mass is 16.6. The summed E-state index contributed by atoms with van der Waals surface area (Å²) in [6.07, 6.45) is 2.96. The standard InChI is InChI=1S/C20H19NO6/c1-23-16-10-13(6-5-9-21)7-8-15(16)27-20(22)14-11-17(24-2)19(26-4)18(12-14)25-3/h5-8,10-12H,1-4H3/b6-5-. The monoisotopic (exact) mass is 369 g/mol. The van der Waals surface area contributed by atoms with Gasteiger partial charge in [-0.25, -0.2) is 4.79 Å². The van der Waals surface area contributed by atoms with Gasteiger partial charge in [-0.2, -0.15) is 5.26 Å². The van der Waals surface area contributed by atoms with Crippen molar-refractivity contribution in [3.63, 3.8) is 0 Å². The van der Waals surface area contributed by atoms with Crippen molar-refractivity contribution in [1.29, 1.82) is 5.26 Å². The van der Waals surface area contributed by atoms with Gasteiger partial charge >= 0.3 is 5.97 Å². The Kier molecular flexibility index (Phi) is 6.67. The first kappa shape index (κ1) is 19.7. The van der Waals surface area contributed by atoms with Crippen LogP contribution in [0.25, 0.3) is 6.08 Å². The minimum Gasteiger partial charge on any atom is -0.493 e. The van der Waals surface area contributed by atoms with Crippen molar-refractivity contribution in [2.24, 2.45) is 0 Å². The van der Waals surface area contributed by atoms with Crippen molar-refractivity contribution < 1.29 is 28.5 Å². The zero-order chi connectivity index (χ0) is 19.8. The van der Waals surface area contributed by atoms with Gasteiger partial charge in [0, 0.05) is 6.08 Å². The normalized spacial score (nSPS) is 10.2. The van der Waals surface area contributed by atoms with E-state index in [0.717, 1.165) is 5.56 Å². The number of esters is 1. The van der Waals surface area contributed by atoms with Crippen LogP contribution in [-0.2, 0) is 0 Å². The summed E-state index contributed by atoms with van der Waals surface area (Å²) in [5.74, 6) is 1.04. The SMILES string of the molecule is COc1cc(/C=C\C#N)ccc1OC(=O)c1cc(OC)c(OC)c(OC)c1. The number of ether oxygens (including phenoxy) is 5. The highest BCUT2D eigenvalue weighted by Gasteiger charge is 2.19. The molecule has 2 aromatic rings. The number of hydrogen-bond donors (Lipinski definition) is 0. The Balaban J connectivity index is 2.34. The first-order valence-electron chi connectivity index (χ1n) is 7.84. The summed E-state index contributed by atoms with van der Waals surface area (Å²) in [6.45, 7) is 0. The first-order chi connectivity index (χ1) is 13.1. The highest BCUT2D eigenvalue weighted by molar-refractivity contribution is 5.93. The summed E-state index contributed by atoms with van der Waals surface area (Å²) in [5.41, 5.74) is 0.959. The van der Waals surface area contributed by atoms with E-state index >= 15 is 0 Å². The average molecular weight is 369 g/mol. The molecule has 0 fully saturated rings. The van der Waals surface area contributed by atoms with Crippen LogP contribution >= 0.6 is 0 Å². The van der Waals surface area contributed by atoms with E-state index in [2.05, 4.69) is 0 Å². The number of carbonyl (C=O) groups excluding carboxylic acids is 1. The number of benzene rings is 2. The molecule has 0 spiro atoms. The van der Waals surface area contributed by atoms with Crippen LogP contribution in [0.2, 0.25) is 0 Å². The van der Waals surface area contributed by atoms with E-state index in [0.29, 0.717) is 23.0 Å². The minimum atomic E-state index is -0.618. The van der Waals surface area contributed by atoms with Crippen molar-refractivity contribution in [2.45, 2.75) is 0 Å². The molecule has 0 atom stereocenters. The number of carbonyl (C=O) groups is 1. The number of nitriles is 1. The maximum Gasteiger partial charge on any atom is 0.343 e. The van der Waals surface area contributed by atoms with Gasteiger partial charge in [0.25, 0.3) is 0 Å². The van der Waals surface area contributed by atoms with Gasteiger partial charge in [0.15, 0.2) is 23.0 Å². The second kappa shape index (κ2) is 9.15. The van der Waals surface area contributed by atoms with Crippen molar-refractivity contribution in [1.82, 2.24) is 0 Å². The van der Waals surface area contributed by atoms with E-state index in [1.165, 1.54) is 46.6 Å². The number of nitrogens with zero attached hydrogens (tertiary/aromatic N) is 1. The van der Waals surface area contributed by atoms with Crippen molar-refractivity contribution >= 4 is 12.0 Å². The van der Waals surface area contributed by atoms with Gasteiger partial charge in [-0.3, -0.25) is 0 Å². The van der Waals surface area contributed by atoms with Crippen molar-refractivity contribution in [3.8, 4) is 34.8 Å². The molecule has 27 heavy (non-hydrogen) atoms. The van der Waals surface area contributed by atoms with Crippen LogP contribution in [0, 0.1) is 11.3 Å². The highest BCUT2D eigenvalue weighted by Crippen LogP contribution is 2.38. The van der Waals surface area contributed by atoms with Gasteiger partial charge in [0.1, 0.15) is 0 Å². The average Bonchev–Trinajstić information content (AvgIpc) is 2.71. The molecule has 2 aromatic carbocycles. The zero-order valence-electron chi connectivity index (χ0n) is 15.4. The fourth-order valence-electron chi connectivity index (χ4n) is 2.36. The van der Waals surface area contributed by atoms with E-state index in [1.54, 1.807) is 24.3 Å². The predicted octanol–water partition coefficient (Wildman–Crippen LogP) is 3.48. The summed E-state index contributed by atoms with van der Waals surface area (Å²) in [5, 5.41) is 8.61. The molecule has 0 aliphatic rings. The lowest BCUT2D eigenvalue weighted by Crippen LogP contribution is -2.10. The number of rotatable bonds is 7. The van der Waals surface area contributed by atoms with Gasteiger partial charge in [-0.05, 0) is 35.9 Å². The molecule has 0 bridgehead atoms. The Morgan fingerprint density at radius 1 is 0.889 bits per heavy atom. The maximum atomic E-state index is 12.6. The van der Waals surface area contributed by atoms with Crippen LogP contribution < -0.4 is 23.7 Å². The molecule has 0 aliphatic carbocycles. The Morgan fingerprint density at radius 2 is 1.52 bits per heavy atom. The van der Waals surface area contributed by atoms with Gasteiger partial charge in [0.05, 0.1) is 40.1 Å². The summed E-state index contributed by atoms with van der Waals surface area (Å²) in [4.78, 5) is 12.6. The third-order valence-corrected chi connectivity index (χ3v) is 3.64. The van der Waals surface area contributed by atoms with Gasteiger partial charge in [-0.1, -0.05) is 6.07 Å². The summed E-state index contributed by atoms with van der Waals surface area (Å²) in [7, 11) is 5.86. The zero-order valence-corrected chi connectivity index (χ0v) is 15.4. The van der Waals surface area contributed by atoms with E-state index < -0.39 is 5.97 Å². The van der Waals surface area contributed by atoms with Crippen molar-refractivity contribution in [3.05, 3.63) is 47.5 Å². The molecule has 0 saturated carbocycles. The Morgan fingerprint density at radius 3 is 2.04 bits per heavy atom. The molecule has 7 nitrogen and oxygen atoms in total. The maximum absolute atomic E-state index is 12.6. The first-order valence-corrected chi connectivity index (χ1v) is 7.84. The largest absolute Gasteiger partial charge is 0.493 e. The molecule has 7 heteroatoms.